The van der Waals surface area contributed by atoms with Crippen LogP contribution in [0, 0.1) is 5.92 Å². The third-order valence-corrected chi connectivity index (χ3v) is 4.65. The number of allylic oxidation sites excluding steroid dienone is 4. The van der Waals surface area contributed by atoms with Gasteiger partial charge in [-0.15, -0.1) is 0 Å². The molecule has 0 saturated heterocycles. The highest BCUT2D eigenvalue weighted by molar-refractivity contribution is 5.97. The highest BCUT2D eigenvalue weighted by atomic mass is 19.4. The van der Waals surface area contributed by atoms with E-state index in [-0.39, 0.29) is 5.57 Å². The molecule has 1 fully saturated rings. The first-order valence-corrected chi connectivity index (χ1v) is 7.46. The molecule has 3 rings (SSSR count). The maximum Gasteiger partial charge on any atom is 0.484 e. The molecule has 1 atom stereocenters. The zero-order valence-electron chi connectivity index (χ0n) is 11.7. The SMILES string of the molecule is O=C(NC(F)(F)F)C1=CCC2=C3CCCCC3CCC2=C1. The van der Waals surface area contributed by atoms with Crippen molar-refractivity contribution in [2.24, 2.45) is 5.92 Å². The molecule has 3 aliphatic rings. The Morgan fingerprint density at radius 3 is 2.76 bits per heavy atom. The molecule has 0 radical (unpaired) electrons. The number of hydrogen-bond donors (Lipinski definition) is 1. The summed E-state index contributed by atoms with van der Waals surface area (Å²) >= 11 is 0. The summed E-state index contributed by atoms with van der Waals surface area (Å²) in [7, 11) is 0. The summed E-state index contributed by atoms with van der Waals surface area (Å²) in [6, 6.07) is 0. The molecule has 1 unspecified atom stereocenters. The molecule has 0 bridgehead atoms. The highest BCUT2D eigenvalue weighted by Gasteiger charge is 2.33. The maximum absolute atomic E-state index is 12.2. The van der Waals surface area contributed by atoms with Gasteiger partial charge >= 0.3 is 6.30 Å². The Morgan fingerprint density at radius 1 is 1.19 bits per heavy atom. The van der Waals surface area contributed by atoms with Crippen LogP contribution in [0.25, 0.3) is 0 Å². The molecule has 1 N–H and O–H groups in total. The van der Waals surface area contributed by atoms with Gasteiger partial charge in [-0.2, -0.15) is 13.2 Å². The van der Waals surface area contributed by atoms with Crippen molar-refractivity contribution in [2.45, 2.75) is 51.2 Å². The van der Waals surface area contributed by atoms with Gasteiger partial charge in [-0.25, -0.2) is 0 Å². The lowest BCUT2D eigenvalue weighted by atomic mass is 9.70. The predicted octanol–water partition coefficient (Wildman–Crippen LogP) is 4.16. The van der Waals surface area contributed by atoms with Crippen LogP contribution in [0.1, 0.15) is 44.9 Å². The maximum atomic E-state index is 12.2. The van der Waals surface area contributed by atoms with Gasteiger partial charge in [0.15, 0.2) is 0 Å². The van der Waals surface area contributed by atoms with E-state index in [1.165, 1.54) is 30.4 Å². The first kappa shape index (κ1) is 14.4. The Bertz CT molecular complexity index is 554. The van der Waals surface area contributed by atoms with Crippen molar-refractivity contribution in [3.8, 4) is 0 Å². The zero-order valence-corrected chi connectivity index (χ0v) is 11.7. The van der Waals surface area contributed by atoms with Crippen molar-refractivity contribution in [2.75, 3.05) is 0 Å². The standard InChI is InChI=1S/C16H18F3NO/c17-16(18,19)20-15(21)12-7-8-14-11(9-12)6-5-10-3-1-2-4-13(10)14/h7,9-10H,1-6,8H2,(H,20,21). The molecule has 3 aliphatic carbocycles. The van der Waals surface area contributed by atoms with Gasteiger partial charge in [0.25, 0.3) is 5.91 Å². The summed E-state index contributed by atoms with van der Waals surface area (Å²) in [6.45, 7) is 0. The van der Waals surface area contributed by atoms with Gasteiger partial charge in [0.1, 0.15) is 0 Å². The summed E-state index contributed by atoms with van der Waals surface area (Å²) in [5.41, 5.74) is 3.98. The first-order chi connectivity index (χ1) is 9.94. The van der Waals surface area contributed by atoms with Crippen LogP contribution in [-0.2, 0) is 4.79 Å². The van der Waals surface area contributed by atoms with Crippen molar-refractivity contribution >= 4 is 5.91 Å². The van der Waals surface area contributed by atoms with Crippen LogP contribution in [0.4, 0.5) is 13.2 Å². The molecule has 2 nitrogen and oxygen atoms in total. The monoisotopic (exact) mass is 297 g/mol. The second-order valence-electron chi connectivity index (χ2n) is 5.97. The predicted molar refractivity (Wildman–Crippen MR) is 73.2 cm³/mol. The van der Waals surface area contributed by atoms with Crippen LogP contribution in [0.3, 0.4) is 0 Å². The van der Waals surface area contributed by atoms with Gasteiger partial charge in [0.05, 0.1) is 0 Å². The van der Waals surface area contributed by atoms with E-state index < -0.39 is 12.2 Å². The number of carbonyl (C=O) groups is 1. The second-order valence-corrected chi connectivity index (χ2v) is 5.97. The summed E-state index contributed by atoms with van der Waals surface area (Å²) in [5.74, 6) is -0.394. The van der Waals surface area contributed by atoms with Gasteiger partial charge in [-0.1, -0.05) is 18.1 Å². The minimum atomic E-state index is -4.67. The normalized spacial score (nSPS) is 25.6. The Kier molecular flexibility index (Phi) is 3.68. The lowest BCUT2D eigenvalue weighted by molar-refractivity contribution is -0.167. The van der Waals surface area contributed by atoms with Crippen molar-refractivity contribution in [1.82, 2.24) is 5.32 Å². The fraction of sp³-hybridized carbons (Fsp3) is 0.562. The molecule has 0 aromatic rings. The van der Waals surface area contributed by atoms with E-state index in [0.717, 1.165) is 30.2 Å². The van der Waals surface area contributed by atoms with Crippen LogP contribution in [0.5, 0.6) is 0 Å². The van der Waals surface area contributed by atoms with Crippen molar-refractivity contribution in [1.29, 1.82) is 0 Å². The molecule has 0 aromatic heterocycles. The minimum Gasteiger partial charge on any atom is -0.269 e. The average Bonchev–Trinajstić information content (AvgIpc) is 2.44. The summed E-state index contributed by atoms with van der Waals surface area (Å²) < 4.78 is 36.7. The smallest absolute Gasteiger partial charge is 0.269 e. The number of hydrogen-bond acceptors (Lipinski definition) is 1. The molecule has 114 valence electrons. The average molecular weight is 297 g/mol. The molecule has 5 heteroatoms. The quantitative estimate of drug-likeness (QED) is 0.723. The van der Waals surface area contributed by atoms with E-state index in [9.17, 15) is 18.0 Å². The van der Waals surface area contributed by atoms with E-state index >= 15 is 0 Å². The Labute approximate surface area is 121 Å². The van der Waals surface area contributed by atoms with Crippen LogP contribution in [0.15, 0.2) is 34.4 Å². The zero-order chi connectivity index (χ0) is 15.0. The van der Waals surface area contributed by atoms with Crippen LogP contribution in [-0.4, -0.2) is 12.2 Å². The van der Waals surface area contributed by atoms with Gasteiger partial charge in [0, 0.05) is 5.57 Å². The number of rotatable bonds is 1. The van der Waals surface area contributed by atoms with Crippen LogP contribution >= 0.6 is 0 Å². The van der Waals surface area contributed by atoms with Crippen LogP contribution in [0.2, 0.25) is 0 Å². The van der Waals surface area contributed by atoms with Crippen molar-refractivity contribution < 1.29 is 18.0 Å². The third-order valence-electron chi connectivity index (χ3n) is 4.65. The molecular formula is C16H18F3NO. The lowest BCUT2D eigenvalue weighted by Crippen LogP contribution is -2.38. The Hall–Kier alpha value is -1.52. The largest absolute Gasteiger partial charge is 0.484 e. The number of nitrogens with one attached hydrogen (secondary N) is 1. The summed E-state index contributed by atoms with van der Waals surface area (Å²) in [5, 5.41) is 1.07. The third kappa shape index (κ3) is 3.06. The molecule has 1 amide bonds. The van der Waals surface area contributed by atoms with Gasteiger partial charge in [0.2, 0.25) is 0 Å². The Balaban J connectivity index is 1.81. The number of amides is 1. The topological polar surface area (TPSA) is 29.1 Å². The minimum absolute atomic E-state index is 0.140. The van der Waals surface area contributed by atoms with Gasteiger partial charge in [-0.3, -0.25) is 10.1 Å². The highest BCUT2D eigenvalue weighted by Crippen LogP contribution is 2.45. The molecule has 1 saturated carbocycles. The van der Waals surface area contributed by atoms with Crippen molar-refractivity contribution in [3.05, 3.63) is 34.4 Å². The van der Waals surface area contributed by atoms with E-state index in [4.69, 9.17) is 0 Å². The molecule has 0 heterocycles. The number of halogens is 3. The summed E-state index contributed by atoms with van der Waals surface area (Å²) in [6.07, 6.45) is 5.96. The molecule has 21 heavy (non-hydrogen) atoms. The number of carbonyl (C=O) groups excluding carboxylic acids is 1. The van der Waals surface area contributed by atoms with Crippen LogP contribution < -0.4 is 5.32 Å². The first-order valence-electron chi connectivity index (χ1n) is 7.46. The molecule has 0 aromatic carbocycles. The fourth-order valence-electron chi connectivity index (χ4n) is 3.73. The molecule has 0 aliphatic heterocycles. The molecular weight excluding hydrogens is 279 g/mol. The fourth-order valence-corrected chi connectivity index (χ4v) is 3.73. The van der Waals surface area contributed by atoms with E-state index in [0.29, 0.717) is 12.3 Å². The lowest BCUT2D eigenvalue weighted by Gasteiger charge is -2.35. The van der Waals surface area contributed by atoms with E-state index in [2.05, 4.69) is 0 Å². The number of fused-ring (bicyclic) bond motifs is 2. The molecule has 0 spiro atoms. The van der Waals surface area contributed by atoms with E-state index in [1.807, 2.05) is 0 Å². The number of alkyl halides is 3. The van der Waals surface area contributed by atoms with Gasteiger partial charge in [-0.05, 0) is 61.7 Å². The second kappa shape index (κ2) is 5.35. The Morgan fingerprint density at radius 2 is 2.00 bits per heavy atom. The summed E-state index contributed by atoms with van der Waals surface area (Å²) in [4.78, 5) is 11.6. The van der Waals surface area contributed by atoms with Crippen molar-refractivity contribution in [3.63, 3.8) is 0 Å². The van der Waals surface area contributed by atoms with Gasteiger partial charge < -0.3 is 0 Å². The van der Waals surface area contributed by atoms with E-state index in [1.54, 1.807) is 12.2 Å².